The third kappa shape index (κ3) is 5.52. The topological polar surface area (TPSA) is 22.6 Å². The van der Waals surface area contributed by atoms with E-state index in [1.54, 1.807) is 24.0 Å². The van der Waals surface area contributed by atoms with Crippen molar-refractivity contribution in [2.75, 3.05) is 21.4 Å². The van der Waals surface area contributed by atoms with Gasteiger partial charge < -0.3 is 9.80 Å². The smallest absolute Gasteiger partial charge is 0.137 e. The molecule has 0 unspecified atom stereocenters. The molecule has 9 rings (SSSR count). The normalized spacial score (nSPS) is 14.2. The van der Waals surface area contributed by atoms with Crippen LogP contribution in [0.4, 0.5) is 28.6 Å². The highest BCUT2D eigenvalue weighted by Gasteiger charge is 2.27. The summed E-state index contributed by atoms with van der Waals surface area (Å²) in [6.45, 7) is -1.62. The standard InChI is InChI=1S/C45H34N4S/c1-32-27-45(46-30-42(32)33-13-4-2-5-14-33)49-43-22-11-10-21-40(43)38-19-8-9-20-39(38)41-24-23-37(29-44(41)49)50-36-18-12-17-35(28-36)48-26-25-47(31-48)34-15-6-3-7-16-34/h2-30H,31H2,1H3/i1D3. The van der Waals surface area contributed by atoms with E-state index in [1.807, 2.05) is 48.5 Å². The van der Waals surface area contributed by atoms with Gasteiger partial charge in [-0.15, -0.1) is 0 Å². The molecule has 4 nitrogen and oxygen atoms in total. The summed E-state index contributed by atoms with van der Waals surface area (Å²) < 4.78 is 25.7. The first-order valence-corrected chi connectivity index (χ1v) is 17.5. The lowest BCUT2D eigenvalue weighted by molar-refractivity contribution is 0.973. The van der Waals surface area contributed by atoms with Crippen LogP contribution in [0.1, 0.15) is 9.68 Å². The van der Waals surface area contributed by atoms with Crippen LogP contribution in [-0.4, -0.2) is 11.7 Å². The predicted octanol–water partition coefficient (Wildman–Crippen LogP) is 12.1. The highest BCUT2D eigenvalue weighted by molar-refractivity contribution is 7.99. The summed E-state index contributed by atoms with van der Waals surface area (Å²) in [7, 11) is 0. The number of pyridine rings is 1. The SMILES string of the molecule is [2H]C([2H])([2H])c1cc(N2c3ccccc3-c3ccccc3-c3ccc(Sc4cccc(N5C=CN(c6ccccc6)C5)c4)cc32)ncc1-c1ccccc1. The van der Waals surface area contributed by atoms with Gasteiger partial charge in [-0.05, 0) is 83.7 Å². The van der Waals surface area contributed by atoms with E-state index in [9.17, 15) is 0 Å². The van der Waals surface area contributed by atoms with E-state index in [-0.39, 0.29) is 5.56 Å². The molecule has 7 aromatic rings. The Balaban J connectivity index is 1.14. The highest BCUT2D eigenvalue weighted by Crippen LogP contribution is 2.51. The van der Waals surface area contributed by atoms with Crippen molar-refractivity contribution in [2.24, 2.45) is 0 Å². The van der Waals surface area contributed by atoms with E-state index < -0.39 is 6.85 Å². The van der Waals surface area contributed by atoms with E-state index in [0.29, 0.717) is 11.4 Å². The molecule has 3 heterocycles. The van der Waals surface area contributed by atoms with Crippen molar-refractivity contribution in [3.05, 3.63) is 182 Å². The molecule has 6 aromatic carbocycles. The number of benzene rings is 6. The Bertz CT molecular complexity index is 2480. The first kappa shape index (κ1) is 26.9. The third-order valence-corrected chi connectivity index (χ3v) is 10.2. The highest BCUT2D eigenvalue weighted by atomic mass is 32.2. The van der Waals surface area contributed by atoms with Gasteiger partial charge >= 0.3 is 0 Å². The summed E-state index contributed by atoms with van der Waals surface area (Å²) in [5.74, 6) is 0.547. The zero-order valence-corrected chi connectivity index (χ0v) is 28.0. The number of hydrogen-bond donors (Lipinski definition) is 0. The first-order chi connectivity index (χ1) is 25.9. The van der Waals surface area contributed by atoms with Crippen molar-refractivity contribution in [1.29, 1.82) is 0 Å². The molecule has 0 radical (unpaired) electrons. The van der Waals surface area contributed by atoms with Crippen LogP contribution in [0.3, 0.4) is 0 Å². The molecule has 0 fully saturated rings. The lowest BCUT2D eigenvalue weighted by Crippen LogP contribution is -2.24. The van der Waals surface area contributed by atoms with Gasteiger partial charge in [0.2, 0.25) is 0 Å². The summed E-state index contributed by atoms with van der Waals surface area (Å²) in [6, 6.07) is 53.7. The second kappa shape index (κ2) is 12.8. The Labute approximate surface area is 301 Å². The van der Waals surface area contributed by atoms with Crippen LogP contribution in [0.2, 0.25) is 0 Å². The summed E-state index contributed by atoms with van der Waals surface area (Å²) in [5, 5.41) is 0. The minimum atomic E-state index is -2.36. The number of hydrogen-bond acceptors (Lipinski definition) is 5. The van der Waals surface area contributed by atoms with Gasteiger partial charge in [0.15, 0.2) is 0 Å². The van der Waals surface area contributed by atoms with E-state index >= 15 is 0 Å². The minimum Gasteiger partial charge on any atom is -0.328 e. The molecule has 0 spiro atoms. The molecule has 0 aliphatic carbocycles. The lowest BCUT2D eigenvalue weighted by Gasteiger charge is -2.27. The second-order valence-electron chi connectivity index (χ2n) is 12.3. The van der Waals surface area contributed by atoms with Crippen LogP contribution >= 0.6 is 11.8 Å². The Morgan fingerprint density at radius 1 is 0.540 bits per heavy atom. The molecular weight excluding hydrogens is 629 g/mol. The molecule has 2 aliphatic rings. The van der Waals surface area contributed by atoms with Crippen LogP contribution in [0, 0.1) is 6.85 Å². The number of nitrogens with zero attached hydrogens (tertiary/aromatic N) is 4. The molecule has 0 bridgehead atoms. The van der Waals surface area contributed by atoms with Crippen molar-refractivity contribution in [1.82, 2.24) is 4.98 Å². The van der Waals surface area contributed by atoms with Gasteiger partial charge in [0.05, 0.1) is 18.0 Å². The number of rotatable bonds is 6. The Hall–Kier alpha value is -6.04. The van der Waals surface area contributed by atoms with Crippen LogP contribution in [0.25, 0.3) is 33.4 Å². The van der Waals surface area contributed by atoms with Gasteiger partial charge in [-0.2, -0.15) is 0 Å². The van der Waals surface area contributed by atoms with Crippen LogP contribution < -0.4 is 14.7 Å². The Morgan fingerprint density at radius 2 is 1.18 bits per heavy atom. The summed E-state index contributed by atoms with van der Waals surface area (Å²) >= 11 is 1.70. The predicted molar refractivity (Wildman–Crippen MR) is 209 cm³/mol. The fourth-order valence-corrected chi connectivity index (χ4v) is 7.77. The van der Waals surface area contributed by atoms with E-state index in [1.165, 1.54) is 0 Å². The molecule has 0 N–H and O–H groups in total. The Kier molecular flexibility index (Phi) is 6.86. The van der Waals surface area contributed by atoms with Gasteiger partial charge in [-0.3, -0.25) is 4.90 Å². The summed E-state index contributed by atoms with van der Waals surface area (Å²) in [6.07, 6.45) is 5.95. The van der Waals surface area contributed by atoms with Gasteiger partial charge in [-0.1, -0.05) is 115 Å². The second-order valence-corrected chi connectivity index (χ2v) is 13.5. The summed E-state index contributed by atoms with van der Waals surface area (Å²) in [5.41, 5.74) is 10.1. The van der Waals surface area contributed by atoms with Gasteiger partial charge in [0.25, 0.3) is 0 Å². The number of aryl methyl sites for hydroxylation is 1. The number of aromatic nitrogens is 1. The molecule has 0 amide bonds. The first-order valence-electron chi connectivity index (χ1n) is 18.1. The zero-order chi connectivity index (χ0) is 35.9. The molecule has 2 aliphatic heterocycles. The van der Waals surface area contributed by atoms with Crippen molar-refractivity contribution in [3.8, 4) is 33.4 Å². The van der Waals surface area contributed by atoms with Crippen LogP contribution in [-0.2, 0) is 0 Å². The molecule has 1 aromatic heterocycles. The summed E-state index contributed by atoms with van der Waals surface area (Å²) in [4.78, 5) is 13.8. The minimum absolute atomic E-state index is 0.263. The van der Waals surface area contributed by atoms with Gasteiger partial charge in [0.1, 0.15) is 5.82 Å². The number of anilines is 5. The van der Waals surface area contributed by atoms with Crippen molar-refractivity contribution < 1.29 is 4.11 Å². The average molecular weight is 666 g/mol. The molecule has 5 heteroatoms. The van der Waals surface area contributed by atoms with Crippen molar-refractivity contribution in [2.45, 2.75) is 16.6 Å². The van der Waals surface area contributed by atoms with E-state index in [4.69, 9.17) is 9.10 Å². The largest absolute Gasteiger partial charge is 0.328 e. The fraction of sp³-hybridized carbons (Fsp3) is 0.0444. The third-order valence-electron chi connectivity index (χ3n) is 9.27. The van der Waals surface area contributed by atoms with Crippen molar-refractivity contribution in [3.63, 3.8) is 0 Å². The van der Waals surface area contributed by atoms with E-state index in [0.717, 1.165) is 67.0 Å². The van der Waals surface area contributed by atoms with Crippen LogP contribution in [0.5, 0.6) is 0 Å². The van der Waals surface area contributed by atoms with E-state index in [2.05, 4.69) is 130 Å². The molecule has 0 saturated heterocycles. The molecule has 50 heavy (non-hydrogen) atoms. The maximum Gasteiger partial charge on any atom is 0.137 e. The average Bonchev–Trinajstić information content (AvgIpc) is 3.66. The monoisotopic (exact) mass is 665 g/mol. The molecular formula is C45H34N4S. The van der Waals surface area contributed by atoms with Gasteiger partial charge in [0, 0.05) is 60.6 Å². The zero-order valence-electron chi connectivity index (χ0n) is 30.1. The fourth-order valence-electron chi connectivity index (χ4n) is 6.86. The number of fused-ring (bicyclic) bond motifs is 5. The van der Waals surface area contributed by atoms with Gasteiger partial charge in [-0.25, -0.2) is 4.98 Å². The lowest BCUT2D eigenvalue weighted by atomic mass is 9.95. The maximum absolute atomic E-state index is 8.58. The quantitative estimate of drug-likeness (QED) is 0.176. The molecule has 0 saturated carbocycles. The molecule has 240 valence electrons. The van der Waals surface area contributed by atoms with Crippen LogP contribution in [0.15, 0.2) is 186 Å². The number of para-hydroxylation sites is 2. The Morgan fingerprint density at radius 3 is 1.96 bits per heavy atom. The molecule has 0 atom stereocenters. The maximum atomic E-state index is 8.58. The van der Waals surface area contributed by atoms with Crippen molar-refractivity contribution >= 4 is 40.3 Å².